The highest BCUT2D eigenvalue weighted by atomic mass is 19.1. The second-order valence-electron chi connectivity index (χ2n) is 4.75. The van der Waals surface area contributed by atoms with Crippen LogP contribution in [0.5, 0.6) is 0 Å². The summed E-state index contributed by atoms with van der Waals surface area (Å²) in [5.74, 6) is 4.71. The minimum absolute atomic E-state index is 0.151. The topological polar surface area (TPSA) is 62.0 Å². The highest BCUT2D eigenvalue weighted by Crippen LogP contribution is 2.16. The predicted molar refractivity (Wildman–Crippen MR) is 71.2 cm³/mol. The molecule has 1 atom stereocenters. The van der Waals surface area contributed by atoms with Crippen molar-refractivity contribution in [3.63, 3.8) is 0 Å². The first-order valence-electron chi connectivity index (χ1n) is 6.41. The van der Waals surface area contributed by atoms with Crippen LogP contribution in [0.1, 0.15) is 0 Å². The van der Waals surface area contributed by atoms with Gasteiger partial charge >= 0.3 is 0 Å². The van der Waals surface area contributed by atoms with Gasteiger partial charge in [0.15, 0.2) is 0 Å². The van der Waals surface area contributed by atoms with Gasteiger partial charge in [-0.15, -0.1) is 0 Å². The van der Waals surface area contributed by atoms with Crippen LogP contribution in [-0.4, -0.2) is 55.4 Å². The van der Waals surface area contributed by atoms with E-state index in [0.717, 1.165) is 31.9 Å². The first-order chi connectivity index (χ1) is 9.19. The van der Waals surface area contributed by atoms with E-state index < -0.39 is 6.10 Å². The Hall–Kier alpha value is -1.21. The molecule has 0 aromatic heterocycles. The molecule has 0 spiro atoms. The van der Waals surface area contributed by atoms with Gasteiger partial charge in [-0.05, 0) is 24.3 Å². The maximum Gasteiger partial charge on any atom is 0.123 e. The summed E-state index contributed by atoms with van der Waals surface area (Å²) in [7, 11) is 0. The van der Waals surface area contributed by atoms with Crippen molar-refractivity contribution in [1.82, 2.24) is 4.90 Å². The van der Waals surface area contributed by atoms with Gasteiger partial charge in [0.05, 0.1) is 12.7 Å². The number of aliphatic hydroxyl groups is 1. The second kappa shape index (κ2) is 6.81. The summed E-state index contributed by atoms with van der Waals surface area (Å²) in [6.07, 6.45) is -0.553. The SMILES string of the molecule is NOCC(O)CN1CCN(c2ccc(F)cc2)CC1. The van der Waals surface area contributed by atoms with Crippen molar-refractivity contribution in [2.45, 2.75) is 6.10 Å². The largest absolute Gasteiger partial charge is 0.389 e. The van der Waals surface area contributed by atoms with E-state index in [1.165, 1.54) is 12.1 Å². The van der Waals surface area contributed by atoms with E-state index in [9.17, 15) is 9.50 Å². The zero-order valence-electron chi connectivity index (χ0n) is 10.8. The monoisotopic (exact) mass is 269 g/mol. The molecule has 1 aliphatic heterocycles. The van der Waals surface area contributed by atoms with Crippen molar-refractivity contribution in [2.24, 2.45) is 5.90 Å². The lowest BCUT2D eigenvalue weighted by atomic mass is 10.2. The van der Waals surface area contributed by atoms with Gasteiger partial charge in [0, 0.05) is 38.4 Å². The second-order valence-corrected chi connectivity index (χ2v) is 4.75. The van der Waals surface area contributed by atoms with E-state index in [-0.39, 0.29) is 12.4 Å². The van der Waals surface area contributed by atoms with Gasteiger partial charge in [0.25, 0.3) is 0 Å². The van der Waals surface area contributed by atoms with E-state index in [1.807, 2.05) is 0 Å². The molecule has 106 valence electrons. The van der Waals surface area contributed by atoms with Crippen molar-refractivity contribution < 1.29 is 14.3 Å². The smallest absolute Gasteiger partial charge is 0.123 e. The van der Waals surface area contributed by atoms with Crippen LogP contribution in [0.2, 0.25) is 0 Å². The predicted octanol–water partition coefficient (Wildman–Crippen LogP) is 0.199. The van der Waals surface area contributed by atoms with Crippen molar-refractivity contribution in [3.8, 4) is 0 Å². The highest BCUT2D eigenvalue weighted by Gasteiger charge is 2.19. The van der Waals surface area contributed by atoms with E-state index in [4.69, 9.17) is 5.90 Å². The number of nitrogens with zero attached hydrogens (tertiary/aromatic N) is 2. The number of hydrogen-bond donors (Lipinski definition) is 2. The minimum atomic E-state index is -0.553. The lowest BCUT2D eigenvalue weighted by molar-refractivity contribution is 0.0154. The molecule has 1 heterocycles. The van der Waals surface area contributed by atoms with Gasteiger partial charge in [0.1, 0.15) is 5.82 Å². The molecule has 0 aliphatic carbocycles. The Labute approximate surface area is 112 Å². The molecule has 1 saturated heterocycles. The van der Waals surface area contributed by atoms with Crippen LogP contribution in [-0.2, 0) is 4.84 Å². The fraction of sp³-hybridized carbons (Fsp3) is 0.538. The average molecular weight is 269 g/mol. The molecular formula is C13H20FN3O2. The first kappa shape index (κ1) is 14.2. The van der Waals surface area contributed by atoms with Crippen LogP contribution >= 0.6 is 0 Å². The molecular weight excluding hydrogens is 249 g/mol. The zero-order chi connectivity index (χ0) is 13.7. The summed E-state index contributed by atoms with van der Waals surface area (Å²) in [4.78, 5) is 8.80. The van der Waals surface area contributed by atoms with Gasteiger partial charge in [-0.3, -0.25) is 4.90 Å². The molecule has 3 N–H and O–H groups in total. The maximum absolute atomic E-state index is 12.9. The molecule has 1 unspecified atom stereocenters. The molecule has 0 bridgehead atoms. The third-order valence-corrected chi connectivity index (χ3v) is 3.32. The standard InChI is InChI=1S/C13H20FN3O2/c14-11-1-3-12(4-2-11)17-7-5-16(6-8-17)9-13(18)10-19-15/h1-4,13,18H,5-10,15H2. The summed E-state index contributed by atoms with van der Waals surface area (Å²) >= 11 is 0. The number of halogens is 1. The first-order valence-corrected chi connectivity index (χ1v) is 6.41. The summed E-state index contributed by atoms with van der Waals surface area (Å²) in [5, 5.41) is 9.61. The molecule has 1 aromatic carbocycles. The number of rotatable bonds is 5. The van der Waals surface area contributed by atoms with Crippen LogP contribution in [0.3, 0.4) is 0 Å². The Morgan fingerprint density at radius 2 is 1.84 bits per heavy atom. The molecule has 6 heteroatoms. The Bertz CT molecular complexity index is 380. The van der Waals surface area contributed by atoms with E-state index in [1.54, 1.807) is 12.1 Å². The van der Waals surface area contributed by atoms with Crippen LogP contribution in [0.25, 0.3) is 0 Å². The fourth-order valence-electron chi connectivity index (χ4n) is 2.30. The van der Waals surface area contributed by atoms with Gasteiger partial charge in [-0.1, -0.05) is 0 Å². The molecule has 5 nitrogen and oxygen atoms in total. The molecule has 1 fully saturated rings. The van der Waals surface area contributed by atoms with Crippen LogP contribution in [0, 0.1) is 5.82 Å². The van der Waals surface area contributed by atoms with Crippen LogP contribution in [0.4, 0.5) is 10.1 Å². The molecule has 0 amide bonds. The third kappa shape index (κ3) is 4.14. The molecule has 1 aliphatic rings. The summed E-state index contributed by atoms with van der Waals surface area (Å²) < 4.78 is 12.9. The van der Waals surface area contributed by atoms with Crippen molar-refractivity contribution in [1.29, 1.82) is 0 Å². The van der Waals surface area contributed by atoms with Gasteiger partial charge < -0.3 is 14.8 Å². The van der Waals surface area contributed by atoms with Gasteiger partial charge in [-0.25, -0.2) is 10.3 Å². The van der Waals surface area contributed by atoms with E-state index >= 15 is 0 Å². The lowest BCUT2D eigenvalue weighted by Crippen LogP contribution is -2.49. The fourth-order valence-corrected chi connectivity index (χ4v) is 2.30. The molecule has 19 heavy (non-hydrogen) atoms. The third-order valence-electron chi connectivity index (χ3n) is 3.32. The number of aliphatic hydroxyl groups excluding tert-OH is 1. The highest BCUT2D eigenvalue weighted by molar-refractivity contribution is 5.46. The summed E-state index contributed by atoms with van der Waals surface area (Å²) in [5.41, 5.74) is 1.03. The van der Waals surface area contributed by atoms with Crippen molar-refractivity contribution in [3.05, 3.63) is 30.1 Å². The Balaban J connectivity index is 1.80. The van der Waals surface area contributed by atoms with Gasteiger partial charge in [0.2, 0.25) is 0 Å². The average Bonchev–Trinajstić information content (AvgIpc) is 2.41. The van der Waals surface area contributed by atoms with Gasteiger partial charge in [-0.2, -0.15) is 0 Å². The van der Waals surface area contributed by atoms with Crippen molar-refractivity contribution in [2.75, 3.05) is 44.2 Å². The minimum Gasteiger partial charge on any atom is -0.389 e. The Morgan fingerprint density at radius 3 is 2.42 bits per heavy atom. The number of nitrogens with two attached hydrogens (primary N) is 1. The van der Waals surface area contributed by atoms with E-state index in [0.29, 0.717) is 6.54 Å². The maximum atomic E-state index is 12.9. The normalized spacial score (nSPS) is 18.6. The summed E-state index contributed by atoms with van der Waals surface area (Å²) in [6, 6.07) is 6.54. The number of hydrogen-bond acceptors (Lipinski definition) is 5. The molecule has 1 aromatic rings. The van der Waals surface area contributed by atoms with Crippen molar-refractivity contribution >= 4 is 5.69 Å². The number of piperazine rings is 1. The zero-order valence-corrected chi connectivity index (χ0v) is 10.8. The molecule has 0 saturated carbocycles. The van der Waals surface area contributed by atoms with Crippen LogP contribution in [0.15, 0.2) is 24.3 Å². The van der Waals surface area contributed by atoms with Crippen LogP contribution < -0.4 is 10.8 Å². The number of β-amino-alcohol motifs (C(OH)–C–C–N with tert-alkyl or cyclic N) is 1. The van der Waals surface area contributed by atoms with E-state index in [2.05, 4.69) is 14.6 Å². The lowest BCUT2D eigenvalue weighted by Gasteiger charge is -2.36. The number of anilines is 1. The molecule has 0 radical (unpaired) electrons. The quantitative estimate of drug-likeness (QED) is 0.748. The molecule has 2 rings (SSSR count). The Morgan fingerprint density at radius 1 is 1.21 bits per heavy atom. The Kier molecular flexibility index (Phi) is 5.09. The number of benzene rings is 1. The summed E-state index contributed by atoms with van der Waals surface area (Å²) in [6.45, 7) is 4.16.